The van der Waals surface area contributed by atoms with E-state index in [0.717, 1.165) is 221 Å². The Morgan fingerprint density at radius 3 is 0.593 bits per heavy atom. The van der Waals surface area contributed by atoms with Gasteiger partial charge in [0, 0.05) is 135 Å². The van der Waals surface area contributed by atoms with E-state index in [9.17, 15) is 0 Å². The highest BCUT2D eigenvalue weighted by molar-refractivity contribution is 6.11. The van der Waals surface area contributed by atoms with Crippen molar-refractivity contribution in [3.63, 3.8) is 0 Å². The molecule has 0 bridgehead atoms. The Kier molecular flexibility index (Phi) is 19.9. The second-order valence-corrected chi connectivity index (χ2v) is 37.2. The molecular weight excluding hydrogens is 1770 g/mol. The van der Waals surface area contributed by atoms with E-state index in [1.54, 1.807) is 0 Å². The Hall–Kier alpha value is -19.6. The van der Waals surface area contributed by atoms with Gasteiger partial charge < -0.3 is 0 Å². The van der Waals surface area contributed by atoms with Gasteiger partial charge in [-0.25, -0.2) is 29.9 Å². The fourth-order valence-electron chi connectivity index (χ4n) is 22.2. The SMILES string of the molecule is c1ccc(-c2ccccc2-c2ccc(-c3ccc4ccc5cccnc5c4n3)cc2)c(-c2ccc(-c3ccc4ccc5cccnc5c4n3)cc2)c1.c1ccc(-c2ccccc2-c2ccc3ccc4cccnc4c3n2)c(-c2ccc3ccc4cccnc4c3n2)c1.c1ccc2c(c1)-c1ccc(-c3ccc4ccc5cccnc5c4n3)cc1C21c2ccccc2-c2ccc(-c3ccc4ccc5cccnc5c4n3)cc21. The lowest BCUT2D eigenvalue weighted by Gasteiger charge is -2.31. The summed E-state index contributed by atoms with van der Waals surface area (Å²) in [5.74, 6) is 0. The van der Waals surface area contributed by atoms with Crippen LogP contribution in [0.5, 0.6) is 0 Å². The van der Waals surface area contributed by atoms with Crippen LogP contribution in [0.3, 0.4) is 0 Å². The summed E-state index contributed by atoms with van der Waals surface area (Å²) in [6.07, 6.45) is 11.0. The topological polar surface area (TPSA) is 155 Å². The Bertz CT molecular complexity index is 9630. The normalized spacial score (nSPS) is 12.2. The fourth-order valence-corrected chi connectivity index (χ4v) is 22.2. The third kappa shape index (κ3) is 14.2. The predicted octanol–water partition coefficient (Wildman–Crippen LogP) is 32.7. The molecule has 0 aliphatic heterocycles. The van der Waals surface area contributed by atoms with Gasteiger partial charge in [-0.1, -0.05) is 364 Å². The van der Waals surface area contributed by atoms with E-state index in [2.05, 4.69) is 432 Å². The molecule has 672 valence electrons. The number of fused-ring (bicyclic) bond motifs is 28. The van der Waals surface area contributed by atoms with E-state index in [1.807, 2.05) is 73.6 Å². The molecule has 30 rings (SSSR count). The number of pyridine rings is 12. The Balaban J connectivity index is 0.000000107. The highest BCUT2D eigenvalue weighted by Crippen LogP contribution is 2.64. The summed E-state index contributed by atoms with van der Waals surface area (Å²) in [5, 5.41) is 13.0. The van der Waals surface area contributed by atoms with Crippen LogP contribution in [0.4, 0.5) is 0 Å². The molecule has 0 fully saturated rings. The summed E-state index contributed by atoms with van der Waals surface area (Å²) in [7, 11) is 0. The molecule has 2 aliphatic carbocycles. The first-order valence-electron chi connectivity index (χ1n) is 48.8. The Labute approximate surface area is 832 Å². The molecule has 0 saturated heterocycles. The largest absolute Gasteiger partial charge is 0.254 e. The van der Waals surface area contributed by atoms with E-state index in [4.69, 9.17) is 39.9 Å². The van der Waals surface area contributed by atoms with Crippen LogP contribution < -0.4 is 0 Å². The van der Waals surface area contributed by atoms with Crippen molar-refractivity contribution in [1.82, 2.24) is 59.8 Å². The summed E-state index contributed by atoms with van der Waals surface area (Å²) in [5.41, 5.74) is 42.0. The number of hydrogen-bond acceptors (Lipinski definition) is 12. The lowest BCUT2D eigenvalue weighted by molar-refractivity contribution is 0.794. The number of aromatic nitrogens is 12. The molecule has 0 unspecified atom stereocenters. The van der Waals surface area contributed by atoms with E-state index in [0.29, 0.717) is 0 Å². The van der Waals surface area contributed by atoms with E-state index >= 15 is 0 Å². The van der Waals surface area contributed by atoms with Gasteiger partial charge in [0.15, 0.2) is 0 Å². The quantitative estimate of drug-likeness (QED) is 0.120. The number of hydrogen-bond donors (Lipinski definition) is 0. The van der Waals surface area contributed by atoms with Crippen LogP contribution in [-0.4, -0.2) is 59.8 Å². The van der Waals surface area contributed by atoms with E-state index in [1.165, 1.54) is 66.8 Å². The van der Waals surface area contributed by atoms with Crippen molar-refractivity contribution in [2.24, 2.45) is 0 Å². The van der Waals surface area contributed by atoms with Gasteiger partial charge in [-0.15, -0.1) is 0 Å². The third-order valence-electron chi connectivity index (χ3n) is 29.1. The molecule has 0 amide bonds. The molecule has 0 atom stereocenters. The van der Waals surface area contributed by atoms with Crippen LogP contribution in [0, 0.1) is 0 Å². The van der Waals surface area contributed by atoms with Gasteiger partial charge in [0.2, 0.25) is 0 Å². The molecule has 28 aromatic rings. The highest BCUT2D eigenvalue weighted by atomic mass is 14.8. The lowest BCUT2D eigenvalue weighted by atomic mass is 9.70. The van der Waals surface area contributed by atoms with E-state index < -0.39 is 5.41 Å². The summed E-state index contributed by atoms with van der Waals surface area (Å²) in [6.45, 7) is 0. The molecule has 0 radical (unpaired) electrons. The molecule has 0 N–H and O–H groups in total. The lowest BCUT2D eigenvalue weighted by Crippen LogP contribution is -2.26. The smallest absolute Gasteiger partial charge is 0.0972 e. The molecule has 12 nitrogen and oxygen atoms in total. The van der Waals surface area contributed by atoms with Crippen molar-refractivity contribution < 1.29 is 0 Å². The molecule has 12 aromatic heterocycles. The van der Waals surface area contributed by atoms with Crippen molar-refractivity contribution in [3.8, 4) is 134 Å². The summed E-state index contributed by atoms with van der Waals surface area (Å²) in [4.78, 5) is 59.0. The first kappa shape index (κ1) is 83.6. The second-order valence-electron chi connectivity index (χ2n) is 37.2. The van der Waals surface area contributed by atoms with Gasteiger partial charge in [0.05, 0.1) is 106 Å². The van der Waals surface area contributed by atoms with Crippen molar-refractivity contribution in [2.75, 3.05) is 0 Å². The van der Waals surface area contributed by atoms with Crippen molar-refractivity contribution in [2.45, 2.75) is 5.41 Å². The van der Waals surface area contributed by atoms with Crippen LogP contribution in [0.25, 0.3) is 265 Å². The predicted molar refractivity (Wildman–Crippen MR) is 594 cm³/mol. The maximum absolute atomic E-state index is 5.28. The molecule has 145 heavy (non-hydrogen) atoms. The van der Waals surface area contributed by atoms with E-state index in [-0.39, 0.29) is 0 Å². The van der Waals surface area contributed by atoms with Crippen LogP contribution in [0.2, 0.25) is 0 Å². The summed E-state index contributed by atoms with van der Waals surface area (Å²) in [6, 6.07) is 159. The van der Waals surface area contributed by atoms with Gasteiger partial charge in [0.25, 0.3) is 0 Å². The van der Waals surface area contributed by atoms with Crippen LogP contribution >= 0.6 is 0 Å². The zero-order valence-corrected chi connectivity index (χ0v) is 78.1. The zero-order chi connectivity index (χ0) is 95.6. The van der Waals surface area contributed by atoms with Gasteiger partial charge in [-0.3, -0.25) is 29.9 Å². The molecule has 12 heteroatoms. The standard InChI is InChI=1S/C49H28N4.C48H30N4.C36H22N4/c1-3-11-39-35(9-1)37-21-17-33(43-23-19-31-15-13-29-7-5-25-50-45(29)47(31)52-43)27-41(37)49(39)40-12-4-2-10-36(40)38-22-18-34(28-42(38)49)44-24-20-32-16-14-30-8-6-26-51-46(30)48(32)53-44;1-3-11-41(39(9-1)31-13-17-33(18-14-31)43-27-25-37-23-21-35-7-5-29-49-45(35)47(37)51-43)42-12-4-2-10-40(42)32-15-19-34(20-16-32)44-28-26-38-24-22-36-8-6-30-50-46(36)48(38)52-44;1-3-11-29(31-19-17-25-15-13-23-7-5-21-37-33(23)35(25)39-31)27(9-1)28-10-2-4-12-30(28)32-20-18-26-16-14-24-8-6-22-38-34(24)36(26)40-32/h1-28H;1-30H;1-22H. The number of rotatable bonds is 10. The van der Waals surface area contributed by atoms with Crippen molar-refractivity contribution >= 4 is 131 Å². The first-order valence-corrected chi connectivity index (χ1v) is 48.8. The zero-order valence-electron chi connectivity index (χ0n) is 78.1. The fraction of sp³-hybridized carbons (Fsp3) is 0.00752. The molecule has 16 aromatic carbocycles. The summed E-state index contributed by atoms with van der Waals surface area (Å²) >= 11 is 0. The van der Waals surface area contributed by atoms with Gasteiger partial charge in [-0.05, 0) is 174 Å². The minimum absolute atomic E-state index is 0.514. The maximum Gasteiger partial charge on any atom is 0.0972 e. The van der Waals surface area contributed by atoms with Crippen LogP contribution in [0.1, 0.15) is 22.3 Å². The average Bonchev–Trinajstić information content (AvgIpc) is 1.50. The van der Waals surface area contributed by atoms with Gasteiger partial charge in [0.1, 0.15) is 0 Å². The summed E-state index contributed by atoms with van der Waals surface area (Å²) < 4.78 is 0. The van der Waals surface area contributed by atoms with Gasteiger partial charge in [-0.2, -0.15) is 0 Å². The first-order chi connectivity index (χ1) is 71.8. The minimum atomic E-state index is -0.514. The monoisotopic (exact) mass is 1840 g/mol. The average molecular weight is 1850 g/mol. The minimum Gasteiger partial charge on any atom is -0.254 e. The Morgan fingerprint density at radius 1 is 0.117 bits per heavy atom. The van der Waals surface area contributed by atoms with Crippen molar-refractivity contribution in [1.29, 1.82) is 0 Å². The number of benzene rings is 16. The molecule has 0 saturated carbocycles. The third-order valence-corrected chi connectivity index (χ3v) is 29.1. The highest BCUT2D eigenvalue weighted by Gasteiger charge is 2.52. The van der Waals surface area contributed by atoms with Crippen molar-refractivity contribution in [3.05, 3.63) is 508 Å². The molecular formula is C133H80N12. The molecule has 1 spiro atoms. The van der Waals surface area contributed by atoms with Gasteiger partial charge >= 0.3 is 0 Å². The van der Waals surface area contributed by atoms with Crippen LogP contribution in [0.15, 0.2) is 486 Å². The maximum atomic E-state index is 5.28. The molecule has 2 aliphatic rings. The molecule has 12 heterocycles. The second kappa shape index (κ2) is 34.5. The van der Waals surface area contributed by atoms with Crippen LogP contribution in [-0.2, 0) is 5.41 Å². The Morgan fingerprint density at radius 2 is 0.310 bits per heavy atom. The number of nitrogens with zero attached hydrogens (tertiary/aromatic N) is 12.